The Kier molecular flexibility index (Phi) is 10.4. The highest BCUT2D eigenvalue weighted by Crippen LogP contribution is 2.28. The van der Waals surface area contributed by atoms with Crippen molar-refractivity contribution in [1.29, 1.82) is 0 Å². The quantitative estimate of drug-likeness (QED) is 0.250. The first-order valence-corrected chi connectivity index (χ1v) is 8.29. The minimum Gasteiger partial charge on any atom is -0.493 e. The number of hydrogen-bond donors (Lipinski definition) is 0. The summed E-state index contributed by atoms with van der Waals surface area (Å²) in [6.07, 6.45) is 7.45. The van der Waals surface area contributed by atoms with Gasteiger partial charge in [-0.15, -0.1) is 0 Å². The van der Waals surface area contributed by atoms with Gasteiger partial charge in [-0.1, -0.05) is 17.3 Å². The van der Waals surface area contributed by atoms with Crippen molar-refractivity contribution in [3.63, 3.8) is 0 Å². The van der Waals surface area contributed by atoms with Crippen molar-refractivity contribution in [1.82, 2.24) is 0 Å². The van der Waals surface area contributed by atoms with Gasteiger partial charge in [-0.2, -0.15) is 0 Å². The first-order valence-electron chi connectivity index (χ1n) is 8.29. The van der Waals surface area contributed by atoms with E-state index >= 15 is 0 Å². The number of hydrogen-bond acceptors (Lipinski definition) is 5. The Morgan fingerprint density at radius 3 is 2.38 bits per heavy atom. The van der Waals surface area contributed by atoms with Crippen molar-refractivity contribution < 1.29 is 19.0 Å². The largest absolute Gasteiger partial charge is 0.493 e. The zero-order valence-corrected chi connectivity index (χ0v) is 15.2. The molecule has 0 aliphatic carbocycles. The fourth-order valence-electron chi connectivity index (χ4n) is 2.18. The maximum Gasteiger partial charge on any atom is 0.125 e. The Morgan fingerprint density at radius 2 is 1.71 bits per heavy atom. The molecule has 0 saturated carbocycles. The number of nitrogens with zero attached hydrogens (tertiary/aromatic N) is 1. The summed E-state index contributed by atoms with van der Waals surface area (Å²) in [5.74, 6) is 1.82. The molecule has 0 radical (unpaired) electrons. The molecule has 5 heteroatoms. The van der Waals surface area contributed by atoms with Crippen LogP contribution in [0.5, 0.6) is 11.5 Å². The van der Waals surface area contributed by atoms with E-state index in [0.717, 1.165) is 35.5 Å². The molecule has 0 fully saturated rings. The van der Waals surface area contributed by atoms with E-state index in [0.29, 0.717) is 26.4 Å². The van der Waals surface area contributed by atoms with Gasteiger partial charge in [0.2, 0.25) is 0 Å². The number of ether oxygens (including phenoxy) is 3. The van der Waals surface area contributed by atoms with Gasteiger partial charge in [-0.05, 0) is 56.9 Å². The second-order valence-electron chi connectivity index (χ2n) is 5.37. The van der Waals surface area contributed by atoms with Crippen molar-refractivity contribution in [2.45, 2.75) is 33.6 Å². The lowest BCUT2D eigenvalue weighted by molar-refractivity contribution is 0.157. The fourth-order valence-corrected chi connectivity index (χ4v) is 2.18. The summed E-state index contributed by atoms with van der Waals surface area (Å²) in [5.41, 5.74) is 2.19. The van der Waals surface area contributed by atoms with Crippen LogP contribution >= 0.6 is 0 Å². The van der Waals surface area contributed by atoms with Gasteiger partial charge in [0.15, 0.2) is 0 Å². The summed E-state index contributed by atoms with van der Waals surface area (Å²) in [7, 11) is 1.51. The fraction of sp³-hybridized carbons (Fsp3) is 0.526. The molecule has 0 atom stereocenters. The minimum atomic E-state index is 0.474. The maximum absolute atomic E-state index is 5.92. The monoisotopic (exact) mass is 335 g/mol. The molecule has 0 unspecified atom stereocenters. The molecule has 1 aromatic rings. The van der Waals surface area contributed by atoms with Crippen molar-refractivity contribution in [2.75, 3.05) is 33.5 Å². The minimum absolute atomic E-state index is 0.474. The molecule has 0 amide bonds. The van der Waals surface area contributed by atoms with E-state index in [1.165, 1.54) is 7.11 Å². The lowest BCUT2D eigenvalue weighted by atomic mass is 10.1. The molecule has 5 nitrogen and oxygen atoms in total. The summed E-state index contributed by atoms with van der Waals surface area (Å²) in [6, 6.07) is 4.04. The van der Waals surface area contributed by atoms with Crippen molar-refractivity contribution >= 4 is 6.21 Å². The van der Waals surface area contributed by atoms with E-state index in [1.807, 2.05) is 45.1 Å². The Morgan fingerprint density at radius 1 is 1.00 bits per heavy atom. The van der Waals surface area contributed by atoms with Gasteiger partial charge in [0.05, 0.1) is 19.4 Å². The van der Waals surface area contributed by atoms with Crippen LogP contribution in [0.1, 0.15) is 30.9 Å². The molecule has 0 aliphatic heterocycles. The Balaban J connectivity index is 2.31. The molecule has 134 valence electrons. The van der Waals surface area contributed by atoms with Gasteiger partial charge in [0, 0.05) is 6.61 Å². The number of benzene rings is 1. The third kappa shape index (κ3) is 8.02. The molecule has 24 heavy (non-hydrogen) atoms. The van der Waals surface area contributed by atoms with E-state index in [1.54, 1.807) is 6.21 Å². The second-order valence-corrected chi connectivity index (χ2v) is 5.37. The van der Waals surface area contributed by atoms with Crippen LogP contribution in [-0.2, 0) is 9.57 Å². The second kappa shape index (κ2) is 12.4. The summed E-state index contributed by atoms with van der Waals surface area (Å²) < 4.78 is 17.0. The van der Waals surface area contributed by atoms with E-state index in [-0.39, 0.29) is 0 Å². The lowest BCUT2D eigenvalue weighted by Gasteiger charge is -2.14. The van der Waals surface area contributed by atoms with Gasteiger partial charge in [0.1, 0.15) is 25.2 Å². The van der Waals surface area contributed by atoms with Crippen molar-refractivity contribution in [3.8, 4) is 11.5 Å². The predicted octanol–water partition coefficient (Wildman–Crippen LogP) is 4.07. The number of aryl methyl sites for hydroxylation is 2. The Labute approximate surface area is 145 Å². The van der Waals surface area contributed by atoms with Crippen LogP contribution in [0, 0.1) is 13.8 Å². The SMILES string of the molecule is C/C=C/COc1cc(C)c(OCCCCOC/C=N/OC)c(C)c1. The smallest absolute Gasteiger partial charge is 0.125 e. The predicted molar refractivity (Wildman–Crippen MR) is 97.3 cm³/mol. The molecule has 1 aromatic carbocycles. The van der Waals surface area contributed by atoms with Crippen LogP contribution in [0.2, 0.25) is 0 Å². The number of unbranched alkanes of at least 4 members (excludes halogenated alkanes) is 1. The van der Waals surface area contributed by atoms with Crippen LogP contribution in [0.25, 0.3) is 0 Å². The van der Waals surface area contributed by atoms with Gasteiger partial charge in [-0.25, -0.2) is 0 Å². The average molecular weight is 335 g/mol. The first-order chi connectivity index (χ1) is 11.7. The summed E-state index contributed by atoms with van der Waals surface area (Å²) >= 11 is 0. The zero-order chi connectivity index (χ0) is 17.6. The molecule has 0 heterocycles. The van der Waals surface area contributed by atoms with Crippen LogP contribution < -0.4 is 9.47 Å². The first kappa shape index (κ1) is 20.0. The average Bonchev–Trinajstić information content (AvgIpc) is 2.55. The lowest BCUT2D eigenvalue weighted by Crippen LogP contribution is -2.04. The summed E-state index contributed by atoms with van der Waals surface area (Å²) in [6.45, 7) is 8.50. The van der Waals surface area contributed by atoms with Crippen LogP contribution in [-0.4, -0.2) is 39.8 Å². The maximum atomic E-state index is 5.92. The molecule has 0 aromatic heterocycles. The number of rotatable bonds is 12. The molecule has 1 rings (SSSR count). The normalized spacial score (nSPS) is 11.3. The van der Waals surface area contributed by atoms with Crippen molar-refractivity contribution in [3.05, 3.63) is 35.4 Å². The zero-order valence-electron chi connectivity index (χ0n) is 15.2. The molecule has 0 spiro atoms. The topological polar surface area (TPSA) is 49.3 Å². The van der Waals surface area contributed by atoms with Gasteiger partial charge >= 0.3 is 0 Å². The van der Waals surface area contributed by atoms with Crippen molar-refractivity contribution in [2.24, 2.45) is 5.16 Å². The van der Waals surface area contributed by atoms with E-state index < -0.39 is 0 Å². The van der Waals surface area contributed by atoms with Crippen LogP contribution in [0.3, 0.4) is 0 Å². The number of oxime groups is 1. The number of allylic oxidation sites excluding steroid dienone is 1. The molecular weight excluding hydrogens is 306 g/mol. The molecule has 0 bridgehead atoms. The standard InChI is InChI=1S/C19H29NO4/c1-5-6-11-23-18-14-16(2)19(17(3)15-18)24-12-8-7-10-22-13-9-20-21-4/h5-6,9,14-15H,7-8,10-13H2,1-4H3/b6-5+,20-9+. The van der Waals surface area contributed by atoms with E-state index in [4.69, 9.17) is 14.2 Å². The highest BCUT2D eigenvalue weighted by molar-refractivity contribution is 5.57. The van der Waals surface area contributed by atoms with Crippen LogP contribution in [0.4, 0.5) is 0 Å². The molecule has 0 saturated heterocycles. The van der Waals surface area contributed by atoms with Gasteiger partial charge in [-0.3, -0.25) is 0 Å². The third-order valence-electron chi connectivity index (χ3n) is 3.32. The van der Waals surface area contributed by atoms with E-state index in [9.17, 15) is 0 Å². The van der Waals surface area contributed by atoms with Crippen LogP contribution in [0.15, 0.2) is 29.4 Å². The molecule has 0 N–H and O–H groups in total. The van der Waals surface area contributed by atoms with E-state index in [2.05, 4.69) is 9.99 Å². The summed E-state index contributed by atoms with van der Waals surface area (Å²) in [5, 5.41) is 3.61. The Bertz CT molecular complexity index is 503. The van der Waals surface area contributed by atoms with Gasteiger partial charge < -0.3 is 19.0 Å². The highest BCUT2D eigenvalue weighted by atomic mass is 16.6. The third-order valence-corrected chi connectivity index (χ3v) is 3.32. The molecule has 0 aliphatic rings. The highest BCUT2D eigenvalue weighted by Gasteiger charge is 2.07. The van der Waals surface area contributed by atoms with Gasteiger partial charge in [0.25, 0.3) is 0 Å². The molecular formula is C19H29NO4. The Hall–Kier alpha value is -2.01. The summed E-state index contributed by atoms with van der Waals surface area (Å²) in [4.78, 5) is 4.55.